The molecule has 2 fully saturated rings. The SMILES string of the molecule is CC1CN(C(=O)NCC2(C(F)(F)F)CCC2)CC(=O)N1. The Morgan fingerprint density at radius 1 is 1.50 bits per heavy atom. The van der Waals surface area contributed by atoms with Crippen molar-refractivity contribution >= 4 is 11.9 Å². The largest absolute Gasteiger partial charge is 0.396 e. The van der Waals surface area contributed by atoms with E-state index < -0.39 is 24.2 Å². The number of alkyl halides is 3. The van der Waals surface area contributed by atoms with Crippen LogP contribution in [0.15, 0.2) is 0 Å². The minimum absolute atomic E-state index is 0.0493. The van der Waals surface area contributed by atoms with E-state index in [9.17, 15) is 22.8 Å². The first kappa shape index (κ1) is 14.9. The van der Waals surface area contributed by atoms with E-state index in [0.29, 0.717) is 13.0 Å². The number of halogens is 3. The highest BCUT2D eigenvalue weighted by atomic mass is 19.4. The monoisotopic (exact) mass is 293 g/mol. The number of hydrogen-bond acceptors (Lipinski definition) is 2. The van der Waals surface area contributed by atoms with Gasteiger partial charge in [-0.25, -0.2) is 4.79 Å². The first-order valence-electron chi connectivity index (χ1n) is 6.62. The van der Waals surface area contributed by atoms with Gasteiger partial charge in [0, 0.05) is 19.1 Å². The predicted molar refractivity (Wildman–Crippen MR) is 64.9 cm³/mol. The lowest BCUT2D eigenvalue weighted by atomic mass is 9.68. The molecule has 1 unspecified atom stereocenters. The van der Waals surface area contributed by atoms with Crippen LogP contribution in [0.2, 0.25) is 0 Å². The highest BCUT2D eigenvalue weighted by molar-refractivity contribution is 5.85. The van der Waals surface area contributed by atoms with E-state index in [1.54, 1.807) is 6.92 Å². The van der Waals surface area contributed by atoms with Crippen molar-refractivity contribution in [3.05, 3.63) is 0 Å². The smallest absolute Gasteiger partial charge is 0.350 e. The Labute approximate surface area is 114 Å². The molecule has 0 spiro atoms. The summed E-state index contributed by atoms with van der Waals surface area (Å²) in [5.41, 5.74) is -1.79. The third-order valence-electron chi connectivity index (χ3n) is 4.01. The van der Waals surface area contributed by atoms with E-state index in [2.05, 4.69) is 10.6 Å². The molecular formula is C12H18F3N3O2. The molecule has 2 N–H and O–H groups in total. The van der Waals surface area contributed by atoms with Crippen molar-refractivity contribution < 1.29 is 22.8 Å². The molecule has 0 aromatic rings. The Hall–Kier alpha value is -1.47. The van der Waals surface area contributed by atoms with Crippen molar-refractivity contribution in [3.8, 4) is 0 Å². The lowest BCUT2D eigenvalue weighted by Gasteiger charge is -2.43. The van der Waals surface area contributed by atoms with Crippen molar-refractivity contribution in [2.75, 3.05) is 19.6 Å². The summed E-state index contributed by atoms with van der Waals surface area (Å²) in [6, 6.07) is -0.801. The van der Waals surface area contributed by atoms with Crippen molar-refractivity contribution in [3.63, 3.8) is 0 Å². The summed E-state index contributed by atoms with van der Waals surface area (Å²) < 4.78 is 38.8. The molecule has 3 amide bonds. The predicted octanol–water partition coefficient (Wildman–Crippen LogP) is 1.25. The minimum Gasteiger partial charge on any atom is -0.350 e. The second-order valence-corrected chi connectivity index (χ2v) is 5.64. The van der Waals surface area contributed by atoms with Crippen LogP contribution in [0.1, 0.15) is 26.2 Å². The molecular weight excluding hydrogens is 275 g/mol. The van der Waals surface area contributed by atoms with Crippen LogP contribution in [0, 0.1) is 5.41 Å². The fraction of sp³-hybridized carbons (Fsp3) is 0.833. The number of piperazine rings is 1. The van der Waals surface area contributed by atoms with Gasteiger partial charge in [0.15, 0.2) is 0 Å². The summed E-state index contributed by atoms with van der Waals surface area (Å²) in [4.78, 5) is 24.4. The van der Waals surface area contributed by atoms with Gasteiger partial charge in [0.05, 0.1) is 5.41 Å². The van der Waals surface area contributed by atoms with Gasteiger partial charge in [-0.1, -0.05) is 6.42 Å². The number of urea groups is 1. The summed E-state index contributed by atoms with van der Waals surface area (Å²) in [5.74, 6) is -0.298. The maximum Gasteiger partial charge on any atom is 0.396 e. The minimum atomic E-state index is -4.30. The number of carbonyl (C=O) groups excluding carboxylic acids is 2. The molecule has 2 rings (SSSR count). The number of amides is 3. The second kappa shape index (κ2) is 5.14. The number of hydrogen-bond donors (Lipinski definition) is 2. The van der Waals surface area contributed by atoms with Gasteiger partial charge in [-0.05, 0) is 19.8 Å². The van der Waals surface area contributed by atoms with E-state index in [0.717, 1.165) is 0 Å². The van der Waals surface area contributed by atoms with Crippen LogP contribution < -0.4 is 10.6 Å². The van der Waals surface area contributed by atoms with Crippen LogP contribution in [-0.4, -0.2) is 48.7 Å². The molecule has 0 radical (unpaired) electrons. The Morgan fingerprint density at radius 3 is 2.60 bits per heavy atom. The van der Waals surface area contributed by atoms with Crippen molar-refractivity contribution in [1.29, 1.82) is 0 Å². The molecule has 0 bridgehead atoms. The van der Waals surface area contributed by atoms with Crippen LogP contribution in [0.5, 0.6) is 0 Å². The van der Waals surface area contributed by atoms with Crippen LogP contribution in [0.3, 0.4) is 0 Å². The average Bonchev–Trinajstić information content (AvgIpc) is 2.23. The van der Waals surface area contributed by atoms with Crippen molar-refractivity contribution in [1.82, 2.24) is 15.5 Å². The van der Waals surface area contributed by atoms with Crippen LogP contribution in [0.4, 0.5) is 18.0 Å². The molecule has 1 atom stereocenters. The molecule has 1 aliphatic heterocycles. The molecule has 0 aromatic carbocycles. The number of rotatable bonds is 2. The van der Waals surface area contributed by atoms with Gasteiger partial charge in [0.2, 0.25) is 5.91 Å². The third kappa shape index (κ3) is 2.83. The van der Waals surface area contributed by atoms with E-state index >= 15 is 0 Å². The first-order chi connectivity index (χ1) is 9.23. The third-order valence-corrected chi connectivity index (χ3v) is 4.01. The molecule has 2 aliphatic rings. The lowest BCUT2D eigenvalue weighted by molar-refractivity contribution is -0.247. The highest BCUT2D eigenvalue weighted by Crippen LogP contribution is 2.52. The fourth-order valence-electron chi connectivity index (χ4n) is 2.61. The normalized spacial score (nSPS) is 25.7. The molecule has 1 aliphatic carbocycles. The summed E-state index contributed by atoms with van der Waals surface area (Å²) >= 11 is 0. The maximum atomic E-state index is 12.9. The van der Waals surface area contributed by atoms with Gasteiger partial charge in [-0.3, -0.25) is 4.79 Å². The van der Waals surface area contributed by atoms with Gasteiger partial charge < -0.3 is 15.5 Å². The zero-order chi connectivity index (χ0) is 15.0. The molecule has 114 valence electrons. The topological polar surface area (TPSA) is 61.4 Å². The van der Waals surface area contributed by atoms with Gasteiger partial charge in [-0.15, -0.1) is 0 Å². The fourth-order valence-corrected chi connectivity index (χ4v) is 2.61. The van der Waals surface area contributed by atoms with Crippen molar-refractivity contribution in [2.24, 2.45) is 5.41 Å². The van der Waals surface area contributed by atoms with Gasteiger partial charge >= 0.3 is 12.2 Å². The standard InChI is InChI=1S/C12H18F3N3O2/c1-8-5-18(6-9(19)17-8)10(20)16-7-11(3-2-4-11)12(13,14)15/h8H,2-7H2,1H3,(H,16,20)(H,17,19). The van der Waals surface area contributed by atoms with E-state index in [4.69, 9.17) is 0 Å². The van der Waals surface area contributed by atoms with Gasteiger partial charge in [0.1, 0.15) is 6.54 Å². The Balaban J connectivity index is 1.90. The number of nitrogens with one attached hydrogen (secondary N) is 2. The number of nitrogens with zero attached hydrogens (tertiary/aromatic N) is 1. The highest BCUT2D eigenvalue weighted by Gasteiger charge is 2.58. The Kier molecular flexibility index (Phi) is 3.84. The van der Waals surface area contributed by atoms with Crippen LogP contribution >= 0.6 is 0 Å². The van der Waals surface area contributed by atoms with Crippen molar-refractivity contribution in [2.45, 2.75) is 38.4 Å². The van der Waals surface area contributed by atoms with Crippen LogP contribution in [0.25, 0.3) is 0 Å². The zero-order valence-corrected chi connectivity index (χ0v) is 11.2. The quantitative estimate of drug-likeness (QED) is 0.805. The lowest BCUT2D eigenvalue weighted by Crippen LogP contribution is -2.59. The molecule has 20 heavy (non-hydrogen) atoms. The number of carbonyl (C=O) groups is 2. The second-order valence-electron chi connectivity index (χ2n) is 5.64. The Bertz CT molecular complexity index is 407. The van der Waals surface area contributed by atoms with E-state index in [-0.39, 0.29) is 31.3 Å². The molecule has 0 aromatic heterocycles. The molecule has 1 saturated heterocycles. The van der Waals surface area contributed by atoms with E-state index in [1.165, 1.54) is 4.90 Å². The molecule has 1 heterocycles. The average molecular weight is 293 g/mol. The Morgan fingerprint density at radius 2 is 2.15 bits per heavy atom. The maximum absolute atomic E-state index is 12.9. The summed E-state index contributed by atoms with van der Waals surface area (Å²) in [6.45, 7) is 1.51. The zero-order valence-electron chi connectivity index (χ0n) is 11.2. The van der Waals surface area contributed by atoms with Gasteiger partial charge in [-0.2, -0.15) is 13.2 Å². The molecule has 5 nitrogen and oxygen atoms in total. The summed E-state index contributed by atoms with van der Waals surface area (Å²) in [7, 11) is 0. The van der Waals surface area contributed by atoms with Crippen LogP contribution in [-0.2, 0) is 4.79 Å². The molecule has 8 heteroatoms. The van der Waals surface area contributed by atoms with E-state index in [1.807, 2.05) is 0 Å². The summed E-state index contributed by atoms with van der Waals surface area (Å²) in [5, 5.41) is 4.97. The van der Waals surface area contributed by atoms with Gasteiger partial charge in [0.25, 0.3) is 0 Å². The molecule has 1 saturated carbocycles. The first-order valence-corrected chi connectivity index (χ1v) is 6.62. The summed E-state index contributed by atoms with van der Waals surface area (Å²) in [6.07, 6.45) is -3.68.